The van der Waals surface area contributed by atoms with E-state index in [0.717, 1.165) is 16.8 Å². The summed E-state index contributed by atoms with van der Waals surface area (Å²) >= 11 is 0. The summed E-state index contributed by atoms with van der Waals surface area (Å²) in [7, 11) is 0. The van der Waals surface area contributed by atoms with E-state index in [1.165, 1.54) is 5.56 Å². The van der Waals surface area contributed by atoms with Crippen molar-refractivity contribution in [3.8, 4) is 11.5 Å². The third-order valence-electron chi connectivity index (χ3n) is 4.43. The molecule has 2 N–H and O–H groups in total. The zero-order valence-electron chi connectivity index (χ0n) is 16.6. The molecule has 0 radical (unpaired) electrons. The van der Waals surface area contributed by atoms with Gasteiger partial charge < -0.3 is 19.9 Å². The molecule has 3 aromatic carbocycles. The smallest absolute Gasteiger partial charge is 0.335 e. The molecule has 3 rings (SSSR count). The summed E-state index contributed by atoms with van der Waals surface area (Å²) < 4.78 is 11.7. The Balaban J connectivity index is 1.67. The van der Waals surface area contributed by atoms with E-state index in [2.05, 4.69) is 36.5 Å². The van der Waals surface area contributed by atoms with Crippen molar-refractivity contribution >= 4 is 11.7 Å². The number of carboxylic acids is 1. The van der Waals surface area contributed by atoms with Crippen LogP contribution in [0, 0.1) is 6.92 Å². The zero-order chi connectivity index (χ0) is 20.6. The van der Waals surface area contributed by atoms with Gasteiger partial charge in [-0.2, -0.15) is 0 Å². The van der Waals surface area contributed by atoms with E-state index in [1.54, 1.807) is 18.2 Å². The van der Waals surface area contributed by atoms with Crippen LogP contribution in [0.1, 0.15) is 34.0 Å². The van der Waals surface area contributed by atoms with Gasteiger partial charge in [0.1, 0.15) is 6.61 Å². The summed E-state index contributed by atoms with van der Waals surface area (Å²) in [4.78, 5) is 11.1. The van der Waals surface area contributed by atoms with E-state index >= 15 is 0 Å². The molecule has 5 nitrogen and oxygen atoms in total. The lowest BCUT2D eigenvalue weighted by molar-refractivity contribution is 0.0697. The van der Waals surface area contributed by atoms with E-state index in [1.807, 2.05) is 31.2 Å². The van der Waals surface area contributed by atoms with Gasteiger partial charge in [-0.1, -0.05) is 42.0 Å². The predicted molar refractivity (Wildman–Crippen MR) is 114 cm³/mol. The highest BCUT2D eigenvalue weighted by atomic mass is 16.5. The summed E-state index contributed by atoms with van der Waals surface area (Å²) in [5, 5.41) is 12.4. The molecule has 0 fully saturated rings. The minimum absolute atomic E-state index is 0.254. The van der Waals surface area contributed by atoms with Crippen molar-refractivity contribution in [3.05, 3.63) is 89.0 Å². The lowest BCUT2D eigenvalue weighted by Gasteiger charge is -2.14. The van der Waals surface area contributed by atoms with Crippen LogP contribution < -0.4 is 14.8 Å². The van der Waals surface area contributed by atoms with Crippen LogP contribution in [0.5, 0.6) is 11.5 Å². The first-order valence-electron chi connectivity index (χ1n) is 9.56. The summed E-state index contributed by atoms with van der Waals surface area (Å²) in [6, 6.07) is 20.8. The highest BCUT2D eigenvalue weighted by molar-refractivity contribution is 5.88. The van der Waals surface area contributed by atoms with Crippen LogP contribution in [0.3, 0.4) is 0 Å². The Kier molecular flexibility index (Phi) is 6.74. The Morgan fingerprint density at radius 3 is 2.41 bits per heavy atom. The number of carbonyl (C=O) groups is 1. The second-order valence-electron chi connectivity index (χ2n) is 6.73. The Morgan fingerprint density at radius 1 is 0.931 bits per heavy atom. The van der Waals surface area contributed by atoms with Gasteiger partial charge in [-0.15, -0.1) is 0 Å². The van der Waals surface area contributed by atoms with Crippen molar-refractivity contribution in [2.24, 2.45) is 0 Å². The molecule has 0 saturated carbocycles. The fourth-order valence-electron chi connectivity index (χ4n) is 2.86. The van der Waals surface area contributed by atoms with Crippen molar-refractivity contribution in [1.29, 1.82) is 0 Å². The van der Waals surface area contributed by atoms with Crippen molar-refractivity contribution in [1.82, 2.24) is 0 Å². The van der Waals surface area contributed by atoms with Crippen molar-refractivity contribution in [2.75, 3.05) is 11.9 Å². The number of ether oxygens (including phenoxy) is 2. The molecule has 0 spiro atoms. The van der Waals surface area contributed by atoms with Gasteiger partial charge in [-0.05, 0) is 55.3 Å². The van der Waals surface area contributed by atoms with Gasteiger partial charge in [0.15, 0.2) is 11.5 Å². The number of carboxylic acid groups (broad SMARTS) is 1. The fraction of sp³-hybridized carbons (Fsp3) is 0.208. The number of rotatable bonds is 9. The average Bonchev–Trinajstić information content (AvgIpc) is 2.73. The first kappa shape index (κ1) is 20.3. The second-order valence-corrected chi connectivity index (χ2v) is 6.73. The third-order valence-corrected chi connectivity index (χ3v) is 4.43. The number of aromatic carboxylic acids is 1. The van der Waals surface area contributed by atoms with Gasteiger partial charge in [0.25, 0.3) is 0 Å². The largest absolute Gasteiger partial charge is 0.490 e. The van der Waals surface area contributed by atoms with Crippen LogP contribution in [0.2, 0.25) is 0 Å². The highest BCUT2D eigenvalue weighted by Crippen LogP contribution is 2.29. The molecule has 0 aliphatic rings. The Hall–Kier alpha value is -3.47. The topological polar surface area (TPSA) is 67.8 Å². The molecule has 0 atom stereocenters. The minimum atomic E-state index is -0.942. The van der Waals surface area contributed by atoms with Gasteiger partial charge in [0.05, 0.1) is 12.2 Å². The van der Waals surface area contributed by atoms with Crippen molar-refractivity contribution < 1.29 is 19.4 Å². The molecule has 5 heteroatoms. The molecule has 3 aromatic rings. The molecule has 150 valence electrons. The average molecular weight is 391 g/mol. The van der Waals surface area contributed by atoms with Crippen LogP contribution in [0.25, 0.3) is 0 Å². The highest BCUT2D eigenvalue weighted by Gasteiger charge is 2.08. The van der Waals surface area contributed by atoms with Crippen LogP contribution >= 0.6 is 0 Å². The van der Waals surface area contributed by atoms with Gasteiger partial charge in [0, 0.05) is 12.2 Å². The van der Waals surface area contributed by atoms with E-state index in [4.69, 9.17) is 14.6 Å². The molecule has 0 bridgehead atoms. The molecular weight excluding hydrogens is 366 g/mol. The van der Waals surface area contributed by atoms with Crippen molar-refractivity contribution in [2.45, 2.75) is 27.0 Å². The zero-order valence-corrected chi connectivity index (χ0v) is 16.6. The van der Waals surface area contributed by atoms with Gasteiger partial charge in [-0.25, -0.2) is 4.79 Å². The second kappa shape index (κ2) is 9.64. The first-order chi connectivity index (χ1) is 14.0. The normalized spacial score (nSPS) is 10.4. The van der Waals surface area contributed by atoms with Gasteiger partial charge in [-0.3, -0.25) is 0 Å². The van der Waals surface area contributed by atoms with E-state index in [-0.39, 0.29) is 5.56 Å². The number of benzene rings is 3. The van der Waals surface area contributed by atoms with Gasteiger partial charge >= 0.3 is 5.97 Å². The van der Waals surface area contributed by atoms with Crippen LogP contribution in [-0.2, 0) is 13.2 Å². The molecule has 0 aliphatic carbocycles. The fourth-order valence-corrected chi connectivity index (χ4v) is 2.86. The summed E-state index contributed by atoms with van der Waals surface area (Å²) in [6.07, 6.45) is 0. The molecule has 0 aliphatic heterocycles. The Labute approximate surface area is 170 Å². The summed E-state index contributed by atoms with van der Waals surface area (Å²) in [5.74, 6) is 0.449. The van der Waals surface area contributed by atoms with Crippen molar-refractivity contribution in [3.63, 3.8) is 0 Å². The minimum Gasteiger partial charge on any atom is -0.490 e. The molecule has 0 saturated heterocycles. The summed E-state index contributed by atoms with van der Waals surface area (Å²) in [5.41, 5.74) is 4.33. The maximum absolute atomic E-state index is 11.1. The Morgan fingerprint density at radius 2 is 1.69 bits per heavy atom. The number of nitrogens with one attached hydrogen (secondary N) is 1. The molecule has 0 unspecified atom stereocenters. The Bertz CT molecular complexity index is 967. The van der Waals surface area contributed by atoms with E-state index < -0.39 is 5.97 Å². The lowest BCUT2D eigenvalue weighted by Crippen LogP contribution is -2.04. The van der Waals surface area contributed by atoms with E-state index in [0.29, 0.717) is 31.3 Å². The molecule has 0 amide bonds. The number of anilines is 1. The van der Waals surface area contributed by atoms with Gasteiger partial charge in [0.2, 0.25) is 0 Å². The number of hydrogen-bond acceptors (Lipinski definition) is 4. The third kappa shape index (κ3) is 5.75. The molecule has 29 heavy (non-hydrogen) atoms. The molecular formula is C24H25NO4. The predicted octanol–water partition coefficient (Wildman–Crippen LogP) is 5.28. The quantitative estimate of drug-likeness (QED) is 0.519. The maximum Gasteiger partial charge on any atom is 0.335 e. The lowest BCUT2D eigenvalue weighted by atomic mass is 10.1. The maximum atomic E-state index is 11.1. The summed E-state index contributed by atoms with van der Waals surface area (Å²) in [6.45, 7) is 5.55. The van der Waals surface area contributed by atoms with Crippen LogP contribution in [-0.4, -0.2) is 17.7 Å². The standard InChI is InChI=1S/C24H25NO4/c1-3-28-23-13-19(15-25-21-6-4-5-20(14-21)24(26)27)11-12-22(23)29-16-18-9-7-17(2)8-10-18/h4-14,25H,3,15-16H2,1-2H3,(H,26,27). The molecule has 0 aromatic heterocycles. The first-order valence-corrected chi connectivity index (χ1v) is 9.56. The number of aryl methyl sites for hydroxylation is 1. The SMILES string of the molecule is CCOc1cc(CNc2cccc(C(=O)O)c2)ccc1OCc1ccc(C)cc1. The van der Waals surface area contributed by atoms with Crippen LogP contribution in [0.4, 0.5) is 5.69 Å². The monoisotopic (exact) mass is 391 g/mol. The van der Waals surface area contributed by atoms with E-state index in [9.17, 15) is 4.79 Å². The number of hydrogen-bond donors (Lipinski definition) is 2. The van der Waals surface area contributed by atoms with Crippen LogP contribution in [0.15, 0.2) is 66.7 Å². The molecule has 0 heterocycles.